The van der Waals surface area contributed by atoms with E-state index in [0.717, 1.165) is 53.7 Å². The number of anilines is 1. The van der Waals surface area contributed by atoms with Gasteiger partial charge in [0.1, 0.15) is 17.2 Å². The molecule has 1 aliphatic rings. The lowest BCUT2D eigenvalue weighted by Crippen LogP contribution is -2.37. The van der Waals surface area contributed by atoms with Crippen molar-refractivity contribution in [3.63, 3.8) is 0 Å². The largest absolute Gasteiger partial charge is 0.357 e. The number of nitrogens with one attached hydrogen (secondary N) is 1. The number of hydrogen-bond donors (Lipinski definition) is 1. The number of fused-ring (bicyclic) bond motifs is 2. The van der Waals surface area contributed by atoms with Gasteiger partial charge in [0.25, 0.3) is 0 Å². The van der Waals surface area contributed by atoms with Crippen molar-refractivity contribution in [2.75, 3.05) is 11.4 Å². The number of H-pyrrole nitrogens is 1. The van der Waals surface area contributed by atoms with Gasteiger partial charge in [-0.3, -0.25) is 0 Å². The summed E-state index contributed by atoms with van der Waals surface area (Å²) in [7, 11) is 0. The Morgan fingerprint density at radius 3 is 2.79 bits per heavy atom. The van der Waals surface area contributed by atoms with Crippen LogP contribution in [0.4, 0.5) is 5.82 Å². The summed E-state index contributed by atoms with van der Waals surface area (Å²) in [6, 6.07) is 12.8. The van der Waals surface area contributed by atoms with E-state index in [1.165, 1.54) is 5.56 Å². The van der Waals surface area contributed by atoms with Crippen LogP contribution in [0.3, 0.4) is 0 Å². The second-order valence-electron chi connectivity index (χ2n) is 7.45. The molecule has 5 rings (SSSR count). The van der Waals surface area contributed by atoms with Crippen LogP contribution < -0.4 is 4.90 Å². The van der Waals surface area contributed by atoms with Gasteiger partial charge in [-0.2, -0.15) is 0 Å². The molecule has 1 N–H and O–H groups in total. The van der Waals surface area contributed by atoms with E-state index < -0.39 is 0 Å². The number of nitrogens with zero attached hydrogens (tertiary/aromatic N) is 6. The molecule has 0 aliphatic carbocycles. The first-order valence-electron chi connectivity index (χ1n) is 9.72. The van der Waals surface area contributed by atoms with Gasteiger partial charge in [0, 0.05) is 19.2 Å². The highest BCUT2D eigenvalue weighted by Crippen LogP contribution is 2.29. The number of aromatic nitrogens is 6. The highest BCUT2D eigenvalue weighted by molar-refractivity contribution is 5.86. The third-order valence-electron chi connectivity index (χ3n) is 5.37. The summed E-state index contributed by atoms with van der Waals surface area (Å²) in [4.78, 5) is 14.8. The van der Waals surface area contributed by atoms with Crippen LogP contribution in [0.15, 0.2) is 42.6 Å². The molecule has 7 heteroatoms. The molecule has 4 aromatic rings. The van der Waals surface area contributed by atoms with Gasteiger partial charge in [-0.15, -0.1) is 10.2 Å². The minimum atomic E-state index is 0.282. The summed E-state index contributed by atoms with van der Waals surface area (Å²) >= 11 is 0. The Morgan fingerprint density at radius 2 is 1.93 bits per heavy atom. The average molecular weight is 373 g/mol. The summed E-state index contributed by atoms with van der Waals surface area (Å²) < 4.78 is 2.30. The van der Waals surface area contributed by atoms with E-state index in [1.54, 1.807) is 0 Å². The van der Waals surface area contributed by atoms with Crippen LogP contribution in [0.2, 0.25) is 0 Å². The minimum Gasteiger partial charge on any atom is -0.357 e. The Labute approximate surface area is 163 Å². The van der Waals surface area contributed by atoms with Crippen molar-refractivity contribution in [3.05, 3.63) is 65.6 Å². The van der Waals surface area contributed by atoms with Crippen LogP contribution in [0.5, 0.6) is 0 Å². The molecule has 3 aromatic heterocycles. The monoisotopic (exact) mass is 373 g/mol. The second kappa shape index (κ2) is 6.74. The van der Waals surface area contributed by atoms with Crippen molar-refractivity contribution in [2.45, 2.75) is 39.3 Å². The molecule has 1 aliphatic heterocycles. The van der Waals surface area contributed by atoms with E-state index in [-0.39, 0.29) is 6.04 Å². The third-order valence-corrected chi connectivity index (χ3v) is 5.37. The van der Waals surface area contributed by atoms with Crippen LogP contribution in [-0.4, -0.2) is 36.3 Å². The topological polar surface area (TPSA) is 75.5 Å². The lowest BCUT2D eigenvalue weighted by molar-refractivity contribution is 0.447. The van der Waals surface area contributed by atoms with Gasteiger partial charge in [0.2, 0.25) is 0 Å². The van der Waals surface area contributed by atoms with Gasteiger partial charge in [-0.25, -0.2) is 9.97 Å². The maximum Gasteiger partial charge on any atom is 0.157 e. The second-order valence-corrected chi connectivity index (χ2v) is 7.45. The Balaban J connectivity index is 1.42. The fourth-order valence-corrected chi connectivity index (χ4v) is 4.12. The molecule has 1 atom stereocenters. The molecule has 0 saturated heterocycles. The van der Waals surface area contributed by atoms with Crippen molar-refractivity contribution >= 4 is 16.9 Å². The molecule has 1 aromatic carbocycles. The Morgan fingerprint density at radius 1 is 1.07 bits per heavy atom. The zero-order chi connectivity index (χ0) is 19.1. The first-order chi connectivity index (χ1) is 13.7. The predicted octanol–water partition coefficient (Wildman–Crippen LogP) is 3.22. The van der Waals surface area contributed by atoms with E-state index in [1.807, 2.05) is 19.2 Å². The van der Waals surface area contributed by atoms with E-state index in [4.69, 9.17) is 4.98 Å². The molecular formula is C21H23N7. The van der Waals surface area contributed by atoms with E-state index >= 15 is 0 Å². The number of benzene rings is 1. The molecule has 28 heavy (non-hydrogen) atoms. The lowest BCUT2D eigenvalue weighted by Gasteiger charge is -2.33. The number of aryl methyl sites for hydroxylation is 3. The molecule has 0 bridgehead atoms. The number of hydrogen-bond acceptors (Lipinski definition) is 5. The molecule has 7 nitrogen and oxygen atoms in total. The minimum absolute atomic E-state index is 0.282. The smallest absolute Gasteiger partial charge is 0.157 e. The van der Waals surface area contributed by atoms with E-state index in [0.29, 0.717) is 6.54 Å². The Hall–Kier alpha value is -3.22. The van der Waals surface area contributed by atoms with Gasteiger partial charge in [-0.05, 0) is 31.9 Å². The molecular weight excluding hydrogens is 350 g/mol. The molecule has 0 saturated carbocycles. The zero-order valence-electron chi connectivity index (χ0n) is 16.1. The fraction of sp³-hybridized carbons (Fsp3) is 0.333. The van der Waals surface area contributed by atoms with Gasteiger partial charge in [0.15, 0.2) is 11.6 Å². The predicted molar refractivity (Wildman–Crippen MR) is 108 cm³/mol. The third kappa shape index (κ3) is 2.93. The molecule has 0 unspecified atom stereocenters. The van der Waals surface area contributed by atoms with Crippen molar-refractivity contribution in [2.24, 2.45) is 0 Å². The van der Waals surface area contributed by atoms with Crippen molar-refractivity contribution in [3.8, 4) is 0 Å². The SMILES string of the molecule is Cc1nc(N2Cc3nnc(CCc4ccccc4)n3[C@@H](C)C2)c2[nH]ccc2n1. The molecule has 4 heterocycles. The normalized spacial score (nSPS) is 16.5. The molecule has 0 radical (unpaired) electrons. The van der Waals surface area contributed by atoms with Crippen LogP contribution in [0, 0.1) is 6.92 Å². The quantitative estimate of drug-likeness (QED) is 0.594. The van der Waals surface area contributed by atoms with Crippen LogP contribution in [-0.2, 0) is 19.4 Å². The van der Waals surface area contributed by atoms with Crippen molar-refractivity contribution in [1.82, 2.24) is 29.7 Å². The first-order valence-corrected chi connectivity index (χ1v) is 9.72. The van der Waals surface area contributed by atoms with E-state index in [2.05, 4.69) is 66.9 Å². The maximum absolute atomic E-state index is 4.71. The highest BCUT2D eigenvalue weighted by atomic mass is 15.4. The zero-order valence-corrected chi connectivity index (χ0v) is 16.1. The Kier molecular flexibility index (Phi) is 4.07. The Bertz CT molecular complexity index is 1110. The molecule has 0 spiro atoms. The summed E-state index contributed by atoms with van der Waals surface area (Å²) in [5.74, 6) is 3.79. The molecule has 0 fully saturated rings. The van der Waals surface area contributed by atoms with Gasteiger partial charge < -0.3 is 14.5 Å². The van der Waals surface area contributed by atoms with Crippen LogP contribution in [0.25, 0.3) is 11.0 Å². The van der Waals surface area contributed by atoms with Gasteiger partial charge in [0.05, 0.1) is 18.1 Å². The van der Waals surface area contributed by atoms with Gasteiger partial charge >= 0.3 is 0 Å². The fourth-order valence-electron chi connectivity index (χ4n) is 4.12. The van der Waals surface area contributed by atoms with Crippen molar-refractivity contribution in [1.29, 1.82) is 0 Å². The molecule has 142 valence electrons. The highest BCUT2D eigenvalue weighted by Gasteiger charge is 2.28. The average Bonchev–Trinajstić information content (AvgIpc) is 3.33. The van der Waals surface area contributed by atoms with Gasteiger partial charge in [-0.1, -0.05) is 30.3 Å². The van der Waals surface area contributed by atoms with Crippen molar-refractivity contribution < 1.29 is 0 Å². The number of aromatic amines is 1. The lowest BCUT2D eigenvalue weighted by atomic mass is 10.1. The summed E-state index contributed by atoms with van der Waals surface area (Å²) in [6.45, 7) is 5.74. The maximum atomic E-state index is 4.71. The number of rotatable bonds is 4. The van der Waals surface area contributed by atoms with Crippen LogP contribution >= 0.6 is 0 Å². The van der Waals surface area contributed by atoms with E-state index in [9.17, 15) is 0 Å². The molecule has 0 amide bonds. The van der Waals surface area contributed by atoms with Crippen LogP contribution in [0.1, 0.15) is 36.0 Å². The first kappa shape index (κ1) is 16.9. The summed E-state index contributed by atoms with van der Waals surface area (Å²) in [5, 5.41) is 9.01. The summed E-state index contributed by atoms with van der Waals surface area (Å²) in [5.41, 5.74) is 3.26. The summed E-state index contributed by atoms with van der Waals surface area (Å²) in [6.07, 6.45) is 3.79. The standard InChI is InChI=1S/C21H23N7/c1-14-12-27(21-20-17(10-11-22-20)23-15(2)24-21)13-19-26-25-18(28(14)19)9-8-16-6-4-3-5-7-16/h3-7,10-11,14,22H,8-9,12-13H2,1-2H3/t14-/m0/s1.